The Bertz CT molecular complexity index is 138. The molecule has 0 amide bonds. The Kier molecular flexibility index (Phi) is 2.11. The van der Waals surface area contributed by atoms with E-state index >= 15 is 0 Å². The van der Waals surface area contributed by atoms with Crippen LogP contribution in [0.3, 0.4) is 0 Å². The second-order valence-electron chi connectivity index (χ2n) is 2.56. The lowest BCUT2D eigenvalue weighted by atomic mass is 10.4. The summed E-state index contributed by atoms with van der Waals surface area (Å²) in [5.41, 5.74) is 0. The molecule has 50 valence electrons. The molecule has 0 aromatic carbocycles. The number of allylic oxidation sites excluding steroid dienone is 2. The second-order valence-corrected chi connectivity index (χ2v) is 5.41. The highest BCUT2D eigenvalue weighted by atomic mass is 28.3. The zero-order valence-corrected chi connectivity index (χ0v) is 7.20. The van der Waals surface area contributed by atoms with Crippen molar-refractivity contribution in [2.75, 3.05) is 6.54 Å². The first-order valence-electron chi connectivity index (χ1n) is 3.40. The maximum atomic E-state index is 2.43. The molecule has 0 radical (unpaired) electrons. The lowest BCUT2D eigenvalue weighted by molar-refractivity contribution is 0.639. The molecule has 0 saturated carbocycles. The molecule has 0 saturated heterocycles. The average molecular weight is 139 g/mol. The largest absolute Gasteiger partial charge is 0.403 e. The summed E-state index contributed by atoms with van der Waals surface area (Å²) < 4.78 is 2.43. The van der Waals surface area contributed by atoms with E-state index in [9.17, 15) is 0 Å². The van der Waals surface area contributed by atoms with Gasteiger partial charge in [-0.25, -0.2) is 0 Å². The standard InChI is InChI=1S/C7H13NSi/c1-9(2)8-6-4-3-5-7-8/h3-6,9H,7H2,1-2H3. The van der Waals surface area contributed by atoms with E-state index in [0.717, 1.165) is 6.54 Å². The zero-order valence-electron chi connectivity index (χ0n) is 6.04. The Morgan fingerprint density at radius 1 is 1.33 bits per heavy atom. The Balaban J connectivity index is 2.46. The van der Waals surface area contributed by atoms with Gasteiger partial charge in [-0.2, -0.15) is 0 Å². The van der Waals surface area contributed by atoms with Gasteiger partial charge in [-0.05, 0) is 12.3 Å². The van der Waals surface area contributed by atoms with Crippen molar-refractivity contribution in [3.05, 3.63) is 24.4 Å². The van der Waals surface area contributed by atoms with Crippen LogP contribution < -0.4 is 0 Å². The molecule has 0 aromatic heterocycles. The van der Waals surface area contributed by atoms with E-state index in [1.807, 2.05) is 0 Å². The van der Waals surface area contributed by atoms with Crippen molar-refractivity contribution in [2.45, 2.75) is 13.1 Å². The third-order valence-corrected chi connectivity index (χ3v) is 3.21. The molecule has 0 aliphatic carbocycles. The first-order chi connectivity index (χ1) is 4.30. The van der Waals surface area contributed by atoms with Crippen LogP contribution in [0.25, 0.3) is 0 Å². The molecule has 1 rings (SSSR count). The van der Waals surface area contributed by atoms with Crippen LogP contribution in [0.2, 0.25) is 13.1 Å². The molecule has 0 N–H and O–H groups in total. The van der Waals surface area contributed by atoms with Gasteiger partial charge in [0.1, 0.15) is 8.96 Å². The Hall–Kier alpha value is -0.503. The van der Waals surface area contributed by atoms with Gasteiger partial charge in [-0.1, -0.05) is 25.2 Å². The van der Waals surface area contributed by atoms with E-state index < -0.39 is 8.96 Å². The van der Waals surface area contributed by atoms with Gasteiger partial charge >= 0.3 is 0 Å². The molecule has 2 heteroatoms. The third kappa shape index (κ3) is 1.71. The maximum Gasteiger partial charge on any atom is 0.134 e. The molecule has 0 unspecified atom stereocenters. The fourth-order valence-corrected chi connectivity index (χ4v) is 1.85. The van der Waals surface area contributed by atoms with Crippen molar-refractivity contribution in [2.24, 2.45) is 0 Å². The number of rotatable bonds is 1. The van der Waals surface area contributed by atoms with Crippen molar-refractivity contribution in [1.82, 2.24) is 4.57 Å². The number of nitrogens with zero attached hydrogens (tertiary/aromatic N) is 1. The molecule has 1 aliphatic rings. The minimum atomic E-state index is -0.557. The predicted octanol–water partition coefficient (Wildman–Crippen LogP) is 1.36. The van der Waals surface area contributed by atoms with Gasteiger partial charge in [0.05, 0.1) is 0 Å². The monoisotopic (exact) mass is 139 g/mol. The van der Waals surface area contributed by atoms with E-state index in [1.54, 1.807) is 0 Å². The maximum absolute atomic E-state index is 2.43. The lowest BCUT2D eigenvalue weighted by Crippen LogP contribution is -2.30. The summed E-state index contributed by atoms with van der Waals surface area (Å²) >= 11 is 0. The van der Waals surface area contributed by atoms with Gasteiger partial charge in [-0.15, -0.1) is 0 Å². The molecule has 0 aromatic rings. The summed E-state index contributed by atoms with van der Waals surface area (Å²) in [6, 6.07) is 0. The van der Waals surface area contributed by atoms with Crippen molar-refractivity contribution >= 4 is 8.96 Å². The van der Waals surface area contributed by atoms with E-state index in [-0.39, 0.29) is 0 Å². The van der Waals surface area contributed by atoms with Crippen LogP contribution in [0.15, 0.2) is 24.4 Å². The Morgan fingerprint density at radius 2 is 2.11 bits per heavy atom. The highest BCUT2D eigenvalue weighted by Crippen LogP contribution is 2.00. The van der Waals surface area contributed by atoms with E-state index in [2.05, 4.69) is 42.1 Å². The van der Waals surface area contributed by atoms with Crippen molar-refractivity contribution < 1.29 is 0 Å². The fourth-order valence-electron chi connectivity index (χ4n) is 0.865. The average Bonchev–Trinajstić information content (AvgIpc) is 1.90. The minimum absolute atomic E-state index is 0.557. The predicted molar refractivity (Wildman–Crippen MR) is 43.9 cm³/mol. The van der Waals surface area contributed by atoms with Crippen LogP contribution in [0.4, 0.5) is 0 Å². The van der Waals surface area contributed by atoms with Gasteiger partial charge in [0.2, 0.25) is 0 Å². The summed E-state index contributed by atoms with van der Waals surface area (Å²) in [5, 5.41) is 0. The Labute approximate surface area is 58.4 Å². The van der Waals surface area contributed by atoms with E-state index in [1.165, 1.54) is 0 Å². The molecule has 0 spiro atoms. The van der Waals surface area contributed by atoms with E-state index in [4.69, 9.17) is 0 Å². The highest BCUT2D eigenvalue weighted by molar-refractivity contribution is 6.52. The first-order valence-corrected chi connectivity index (χ1v) is 6.22. The van der Waals surface area contributed by atoms with Crippen LogP contribution in [0.1, 0.15) is 0 Å². The van der Waals surface area contributed by atoms with Crippen LogP contribution >= 0.6 is 0 Å². The summed E-state index contributed by atoms with van der Waals surface area (Å²) in [7, 11) is -0.557. The van der Waals surface area contributed by atoms with Crippen molar-refractivity contribution in [3.8, 4) is 0 Å². The third-order valence-electron chi connectivity index (χ3n) is 1.50. The highest BCUT2D eigenvalue weighted by Gasteiger charge is 2.03. The minimum Gasteiger partial charge on any atom is -0.403 e. The molecule has 0 atom stereocenters. The first kappa shape index (κ1) is 6.61. The molecule has 1 heterocycles. The molecule has 1 aliphatic heterocycles. The number of hydrogen-bond acceptors (Lipinski definition) is 1. The Morgan fingerprint density at radius 3 is 2.44 bits per heavy atom. The summed E-state index contributed by atoms with van der Waals surface area (Å²) in [6.07, 6.45) is 8.60. The van der Waals surface area contributed by atoms with Gasteiger partial charge in [0, 0.05) is 6.54 Å². The van der Waals surface area contributed by atoms with Crippen LogP contribution in [-0.2, 0) is 0 Å². The van der Waals surface area contributed by atoms with Crippen molar-refractivity contribution in [3.63, 3.8) is 0 Å². The molecule has 0 bridgehead atoms. The number of hydrogen-bond donors (Lipinski definition) is 0. The van der Waals surface area contributed by atoms with Crippen LogP contribution in [-0.4, -0.2) is 20.1 Å². The SMILES string of the molecule is C[SiH](C)N1C=CC=CC1. The molecule has 9 heavy (non-hydrogen) atoms. The normalized spacial score (nSPS) is 17.4. The fraction of sp³-hybridized carbons (Fsp3) is 0.429. The molecule has 0 fully saturated rings. The summed E-state index contributed by atoms with van der Waals surface area (Å²) in [6.45, 7) is 5.80. The van der Waals surface area contributed by atoms with Gasteiger partial charge in [0.15, 0.2) is 0 Å². The zero-order chi connectivity index (χ0) is 6.69. The van der Waals surface area contributed by atoms with Crippen LogP contribution in [0.5, 0.6) is 0 Å². The summed E-state index contributed by atoms with van der Waals surface area (Å²) in [5.74, 6) is 0. The summed E-state index contributed by atoms with van der Waals surface area (Å²) in [4.78, 5) is 0. The van der Waals surface area contributed by atoms with Gasteiger partial charge in [-0.3, -0.25) is 0 Å². The lowest BCUT2D eigenvalue weighted by Gasteiger charge is -2.23. The molecule has 1 nitrogen and oxygen atoms in total. The van der Waals surface area contributed by atoms with Crippen LogP contribution in [0, 0.1) is 0 Å². The molecular formula is C7H13NSi. The quantitative estimate of drug-likeness (QED) is 0.496. The smallest absolute Gasteiger partial charge is 0.134 e. The van der Waals surface area contributed by atoms with Gasteiger partial charge in [0.25, 0.3) is 0 Å². The van der Waals surface area contributed by atoms with Gasteiger partial charge < -0.3 is 4.57 Å². The molecular weight excluding hydrogens is 126 g/mol. The topological polar surface area (TPSA) is 3.24 Å². The van der Waals surface area contributed by atoms with E-state index in [0.29, 0.717) is 0 Å². The van der Waals surface area contributed by atoms with Crippen molar-refractivity contribution in [1.29, 1.82) is 0 Å². The second kappa shape index (κ2) is 2.87.